The molecule has 2 nitrogen and oxygen atoms in total. The van der Waals surface area contributed by atoms with Crippen molar-refractivity contribution in [3.8, 4) is 0 Å². The molecule has 2 aliphatic carbocycles. The predicted molar refractivity (Wildman–Crippen MR) is 150 cm³/mol. The van der Waals surface area contributed by atoms with Crippen molar-refractivity contribution in [1.29, 1.82) is 0 Å². The van der Waals surface area contributed by atoms with Gasteiger partial charge in [0.15, 0.2) is 11.6 Å². The van der Waals surface area contributed by atoms with E-state index in [0.29, 0.717) is 0 Å². The molecule has 2 heteroatoms. The third-order valence-corrected chi connectivity index (χ3v) is 8.16. The highest BCUT2D eigenvalue weighted by Crippen LogP contribution is 2.57. The van der Waals surface area contributed by atoms with Crippen molar-refractivity contribution in [3.63, 3.8) is 0 Å². The second-order valence-electron chi connectivity index (χ2n) is 10.0. The normalized spacial score (nSPS) is 23.1. The lowest BCUT2D eigenvalue weighted by atomic mass is 9.53. The molecular formula is C35H28O2. The lowest BCUT2D eigenvalue weighted by Crippen LogP contribution is -2.49. The number of benzene rings is 4. The Bertz CT molecular complexity index is 1560. The van der Waals surface area contributed by atoms with Crippen LogP contribution in [0.3, 0.4) is 0 Å². The molecule has 0 radical (unpaired) electrons. The van der Waals surface area contributed by atoms with Crippen molar-refractivity contribution in [2.45, 2.75) is 19.3 Å². The number of carbonyl (C=O) groups excluding carboxylic acids is 2. The average Bonchev–Trinajstić information content (AvgIpc) is 3.25. The van der Waals surface area contributed by atoms with Gasteiger partial charge in [0.25, 0.3) is 0 Å². The first-order valence-electron chi connectivity index (χ1n) is 12.8. The highest BCUT2D eigenvalue weighted by molar-refractivity contribution is 6.35. The van der Waals surface area contributed by atoms with Crippen LogP contribution in [0.15, 0.2) is 121 Å². The van der Waals surface area contributed by atoms with Crippen molar-refractivity contribution in [2.24, 2.45) is 11.8 Å². The maximum Gasteiger partial charge on any atom is 0.179 e. The number of ketones is 2. The average molecular weight is 481 g/mol. The number of allylic oxidation sites excluding steroid dienone is 4. The smallest absolute Gasteiger partial charge is 0.179 e. The largest absolute Gasteiger partial charge is 0.295 e. The van der Waals surface area contributed by atoms with E-state index in [1.807, 2.05) is 105 Å². The van der Waals surface area contributed by atoms with Crippen molar-refractivity contribution < 1.29 is 9.59 Å². The van der Waals surface area contributed by atoms with Gasteiger partial charge in [-0.05, 0) is 52.0 Å². The Balaban J connectivity index is 1.73. The van der Waals surface area contributed by atoms with Gasteiger partial charge < -0.3 is 0 Å². The van der Waals surface area contributed by atoms with Crippen LogP contribution in [0, 0.1) is 11.8 Å². The van der Waals surface area contributed by atoms with E-state index in [9.17, 15) is 4.79 Å². The molecule has 37 heavy (non-hydrogen) atoms. The van der Waals surface area contributed by atoms with Gasteiger partial charge in [-0.15, -0.1) is 0 Å². The van der Waals surface area contributed by atoms with Gasteiger partial charge in [0, 0.05) is 17.4 Å². The van der Waals surface area contributed by atoms with E-state index in [1.165, 1.54) is 0 Å². The van der Waals surface area contributed by atoms with Gasteiger partial charge in [0.1, 0.15) is 0 Å². The van der Waals surface area contributed by atoms with Crippen LogP contribution < -0.4 is 0 Å². The summed E-state index contributed by atoms with van der Waals surface area (Å²) >= 11 is 0. The predicted octanol–water partition coefficient (Wildman–Crippen LogP) is 7.40. The second-order valence-corrected chi connectivity index (χ2v) is 10.0. The number of Topliss-reactive ketones (excluding diaryl/α,β-unsaturated/α-hetero) is 1. The molecule has 0 amide bonds. The second kappa shape index (κ2) is 8.97. The molecule has 0 heterocycles. The van der Waals surface area contributed by atoms with Crippen LogP contribution in [0.25, 0.3) is 16.7 Å². The molecule has 0 saturated heterocycles. The fourth-order valence-electron chi connectivity index (χ4n) is 6.52. The number of fused-ring (bicyclic) bond motifs is 1. The third kappa shape index (κ3) is 3.40. The number of hydrogen-bond donors (Lipinski definition) is 0. The lowest BCUT2D eigenvalue weighted by molar-refractivity contribution is -0.121. The van der Waals surface area contributed by atoms with Crippen LogP contribution >= 0.6 is 0 Å². The molecular weight excluding hydrogens is 452 g/mol. The van der Waals surface area contributed by atoms with Crippen molar-refractivity contribution >= 4 is 28.3 Å². The zero-order valence-corrected chi connectivity index (χ0v) is 21.0. The standard InChI is InChI=1S/C35H28O2/c1-23-28-20-12-13-21-30(28)35(27-18-10-5-11-19-27,34(37)32(23)26-16-8-4-9-17-26)33-24(2)31(36)22-29(33)25-14-6-3-7-15-25/h3-22,24,33H,1-2H3/t24-,33+,35+/m0/s1. The molecule has 0 aliphatic heterocycles. The third-order valence-electron chi connectivity index (χ3n) is 8.16. The Morgan fingerprint density at radius 2 is 1.19 bits per heavy atom. The quantitative estimate of drug-likeness (QED) is 0.305. The summed E-state index contributed by atoms with van der Waals surface area (Å²) in [4.78, 5) is 28.7. The van der Waals surface area contributed by atoms with E-state index in [1.54, 1.807) is 6.08 Å². The molecule has 4 aromatic rings. The van der Waals surface area contributed by atoms with Gasteiger partial charge in [0.2, 0.25) is 0 Å². The topological polar surface area (TPSA) is 34.1 Å². The van der Waals surface area contributed by atoms with E-state index < -0.39 is 5.41 Å². The van der Waals surface area contributed by atoms with Gasteiger partial charge in [0.05, 0.1) is 5.41 Å². The van der Waals surface area contributed by atoms with Crippen LogP contribution in [0.5, 0.6) is 0 Å². The van der Waals surface area contributed by atoms with E-state index >= 15 is 4.79 Å². The molecule has 4 aromatic carbocycles. The van der Waals surface area contributed by atoms with Gasteiger partial charge >= 0.3 is 0 Å². The maximum absolute atomic E-state index is 15.2. The van der Waals surface area contributed by atoms with Gasteiger partial charge in [-0.1, -0.05) is 122 Å². The van der Waals surface area contributed by atoms with Crippen LogP contribution in [-0.2, 0) is 15.0 Å². The summed E-state index contributed by atoms with van der Waals surface area (Å²) in [6.07, 6.45) is 1.78. The minimum Gasteiger partial charge on any atom is -0.295 e. The van der Waals surface area contributed by atoms with E-state index in [4.69, 9.17) is 0 Å². The van der Waals surface area contributed by atoms with Crippen LogP contribution in [0.1, 0.15) is 41.7 Å². The minimum absolute atomic E-state index is 0.0504. The summed E-state index contributed by atoms with van der Waals surface area (Å²) in [5.74, 6) is -0.598. The Labute approximate surface area is 218 Å². The highest BCUT2D eigenvalue weighted by Gasteiger charge is 2.58. The molecule has 0 N–H and O–H groups in total. The number of rotatable bonds is 4. The summed E-state index contributed by atoms with van der Waals surface area (Å²) in [5.41, 5.74) is 6.40. The van der Waals surface area contributed by atoms with E-state index in [0.717, 1.165) is 44.5 Å². The van der Waals surface area contributed by atoms with Gasteiger partial charge in [-0.25, -0.2) is 0 Å². The first-order valence-corrected chi connectivity index (χ1v) is 12.8. The summed E-state index contributed by atoms with van der Waals surface area (Å²) in [6, 6.07) is 38.3. The van der Waals surface area contributed by atoms with Crippen molar-refractivity contribution in [2.75, 3.05) is 0 Å². The molecule has 0 saturated carbocycles. The molecule has 0 bridgehead atoms. The van der Waals surface area contributed by atoms with Gasteiger partial charge in [-0.3, -0.25) is 9.59 Å². The number of hydrogen-bond acceptors (Lipinski definition) is 2. The fraction of sp³-hybridized carbons (Fsp3) is 0.143. The number of carbonyl (C=O) groups is 2. The van der Waals surface area contributed by atoms with Crippen LogP contribution in [-0.4, -0.2) is 11.6 Å². The summed E-state index contributed by atoms with van der Waals surface area (Å²) in [5, 5.41) is 0. The minimum atomic E-state index is -1.06. The zero-order chi connectivity index (χ0) is 25.6. The zero-order valence-electron chi connectivity index (χ0n) is 21.0. The molecule has 3 atom stereocenters. The molecule has 180 valence electrons. The van der Waals surface area contributed by atoms with Crippen LogP contribution in [0.2, 0.25) is 0 Å². The molecule has 0 fully saturated rings. The molecule has 0 unspecified atom stereocenters. The molecule has 0 spiro atoms. The first-order chi connectivity index (χ1) is 18.0. The first kappa shape index (κ1) is 23.1. The van der Waals surface area contributed by atoms with Crippen LogP contribution in [0.4, 0.5) is 0 Å². The molecule has 6 rings (SSSR count). The van der Waals surface area contributed by atoms with Crippen molar-refractivity contribution in [1.82, 2.24) is 0 Å². The summed E-state index contributed by atoms with van der Waals surface area (Å²) < 4.78 is 0. The molecule has 2 aliphatic rings. The Hall–Kier alpha value is -4.30. The van der Waals surface area contributed by atoms with Gasteiger partial charge in [-0.2, -0.15) is 0 Å². The Morgan fingerprint density at radius 1 is 0.649 bits per heavy atom. The Kier molecular flexibility index (Phi) is 5.61. The Morgan fingerprint density at radius 3 is 1.84 bits per heavy atom. The summed E-state index contributed by atoms with van der Waals surface area (Å²) in [7, 11) is 0. The van der Waals surface area contributed by atoms with E-state index in [-0.39, 0.29) is 23.4 Å². The SMILES string of the molecule is CC1=C(c2ccccc2)C(=O)[C@@](c2ccccc2)([C@H]2C(c3ccccc3)=CC(=O)[C@@H]2C)c2ccccc21. The summed E-state index contributed by atoms with van der Waals surface area (Å²) in [6.45, 7) is 4.03. The van der Waals surface area contributed by atoms with Crippen molar-refractivity contribution in [3.05, 3.63) is 149 Å². The highest BCUT2D eigenvalue weighted by atomic mass is 16.1. The lowest BCUT2D eigenvalue weighted by Gasteiger charge is -2.46. The fourth-order valence-corrected chi connectivity index (χ4v) is 6.52. The maximum atomic E-state index is 15.2. The molecule has 0 aromatic heterocycles. The van der Waals surface area contributed by atoms with E-state index in [2.05, 4.69) is 24.3 Å². The monoisotopic (exact) mass is 480 g/mol.